The van der Waals surface area contributed by atoms with Crippen LogP contribution in [-0.4, -0.2) is 28.2 Å². The number of aromatic nitrogens is 1. The van der Waals surface area contributed by atoms with Crippen molar-refractivity contribution in [3.63, 3.8) is 0 Å². The third-order valence-corrected chi connectivity index (χ3v) is 5.70. The zero-order chi connectivity index (χ0) is 26.6. The monoisotopic (exact) mass is 494 g/mol. The number of carbonyl (C=O) groups excluding carboxylic acids is 3. The number of benzene rings is 3. The Morgan fingerprint density at radius 1 is 0.865 bits per heavy atom. The van der Waals surface area contributed by atoms with E-state index in [4.69, 9.17) is 0 Å². The average molecular weight is 495 g/mol. The van der Waals surface area contributed by atoms with E-state index in [9.17, 15) is 14.4 Å². The Balaban J connectivity index is 1.83. The first-order valence-corrected chi connectivity index (χ1v) is 12.1. The normalized spacial score (nSPS) is 12.0. The molecule has 2 N–H and O–H groups in total. The lowest BCUT2D eigenvalue weighted by molar-refractivity contribution is -0.136. The number of aryl methyl sites for hydroxylation is 1. The molecule has 37 heavy (non-hydrogen) atoms. The smallest absolute Gasteiger partial charge is 0.317 e. The average Bonchev–Trinajstić information content (AvgIpc) is 2.87. The minimum atomic E-state index is -1.11. The summed E-state index contributed by atoms with van der Waals surface area (Å²) in [5, 5.41) is 6.42. The van der Waals surface area contributed by atoms with Crippen molar-refractivity contribution in [2.45, 2.75) is 39.3 Å². The van der Waals surface area contributed by atoms with Gasteiger partial charge in [-0.1, -0.05) is 66.2 Å². The van der Waals surface area contributed by atoms with Gasteiger partial charge in [0.15, 0.2) is 0 Å². The molecule has 4 rings (SSSR count). The number of pyridine rings is 1. The van der Waals surface area contributed by atoms with E-state index in [0.29, 0.717) is 16.9 Å². The molecule has 0 radical (unpaired) electrons. The molecule has 0 fully saturated rings. The minimum Gasteiger partial charge on any atom is -0.349 e. The highest BCUT2D eigenvalue weighted by molar-refractivity contribution is 6.45. The number of nitrogens with one attached hydrogen (secondary N) is 2. The van der Waals surface area contributed by atoms with Crippen LogP contribution < -0.4 is 15.5 Å². The van der Waals surface area contributed by atoms with Crippen LogP contribution in [0.3, 0.4) is 0 Å². The summed E-state index contributed by atoms with van der Waals surface area (Å²) in [7, 11) is 0. The summed E-state index contributed by atoms with van der Waals surface area (Å²) in [5.41, 5.74) is 2.57. The van der Waals surface area contributed by atoms with Crippen LogP contribution in [0.2, 0.25) is 0 Å². The van der Waals surface area contributed by atoms with Gasteiger partial charge in [-0.2, -0.15) is 0 Å². The van der Waals surface area contributed by atoms with Crippen LogP contribution in [0.15, 0.2) is 91.1 Å². The molecule has 0 aliphatic heterocycles. The third kappa shape index (κ3) is 6.19. The first-order chi connectivity index (χ1) is 17.6. The fourth-order valence-corrected chi connectivity index (χ4v) is 4.00. The fraction of sp³-hybridized carbons (Fsp3) is 0.200. The number of rotatable bonds is 5. The second kappa shape index (κ2) is 10.6. The topological polar surface area (TPSA) is 91.4 Å². The highest BCUT2D eigenvalue weighted by Crippen LogP contribution is 2.30. The number of amides is 3. The van der Waals surface area contributed by atoms with E-state index < -0.39 is 29.3 Å². The molecule has 0 unspecified atom stereocenters. The zero-order valence-corrected chi connectivity index (χ0v) is 21.4. The van der Waals surface area contributed by atoms with Crippen molar-refractivity contribution in [2.75, 3.05) is 10.2 Å². The predicted octanol–water partition coefficient (Wildman–Crippen LogP) is 5.17. The minimum absolute atomic E-state index is 0.334. The largest absolute Gasteiger partial charge is 0.349 e. The fourth-order valence-electron chi connectivity index (χ4n) is 4.00. The molecule has 1 aromatic heterocycles. The molecule has 3 amide bonds. The van der Waals surface area contributed by atoms with E-state index in [2.05, 4.69) is 15.6 Å². The van der Waals surface area contributed by atoms with E-state index in [1.807, 2.05) is 70.2 Å². The summed E-state index contributed by atoms with van der Waals surface area (Å²) in [6.07, 6.45) is 1.51. The number of para-hydroxylation sites is 1. The molecule has 7 nitrogen and oxygen atoms in total. The molecule has 188 valence electrons. The van der Waals surface area contributed by atoms with Gasteiger partial charge in [0.05, 0.1) is 17.4 Å². The Bertz CT molecular complexity index is 1430. The molecule has 4 aromatic rings. The first-order valence-electron chi connectivity index (χ1n) is 12.1. The van der Waals surface area contributed by atoms with Crippen molar-refractivity contribution >= 4 is 40.0 Å². The van der Waals surface area contributed by atoms with E-state index in [0.717, 1.165) is 16.5 Å². The third-order valence-electron chi connectivity index (χ3n) is 5.70. The second-order valence-electron chi connectivity index (χ2n) is 9.93. The van der Waals surface area contributed by atoms with Crippen LogP contribution in [0.25, 0.3) is 10.9 Å². The summed E-state index contributed by atoms with van der Waals surface area (Å²) in [6, 6.07) is 24.2. The van der Waals surface area contributed by atoms with Crippen molar-refractivity contribution in [1.82, 2.24) is 10.3 Å². The van der Waals surface area contributed by atoms with Crippen LogP contribution in [0.4, 0.5) is 11.4 Å². The quantitative estimate of drug-likeness (QED) is 0.375. The van der Waals surface area contributed by atoms with Crippen LogP contribution in [0, 0.1) is 6.92 Å². The summed E-state index contributed by atoms with van der Waals surface area (Å²) >= 11 is 0. The molecule has 3 aromatic carbocycles. The molecule has 0 bridgehead atoms. The van der Waals surface area contributed by atoms with Gasteiger partial charge >= 0.3 is 11.8 Å². The van der Waals surface area contributed by atoms with Gasteiger partial charge in [0, 0.05) is 16.6 Å². The maximum Gasteiger partial charge on any atom is 0.317 e. The van der Waals surface area contributed by atoms with E-state index in [-0.39, 0.29) is 0 Å². The van der Waals surface area contributed by atoms with Crippen LogP contribution in [0.1, 0.15) is 37.9 Å². The Hall–Kier alpha value is -4.52. The molecule has 0 spiro atoms. The van der Waals surface area contributed by atoms with E-state index >= 15 is 0 Å². The van der Waals surface area contributed by atoms with Gasteiger partial charge < -0.3 is 10.6 Å². The van der Waals surface area contributed by atoms with E-state index in [1.54, 1.807) is 42.5 Å². The number of carbonyl (C=O) groups is 3. The predicted molar refractivity (Wildman–Crippen MR) is 146 cm³/mol. The Morgan fingerprint density at radius 2 is 1.51 bits per heavy atom. The number of hydrogen-bond donors (Lipinski definition) is 2. The summed E-state index contributed by atoms with van der Waals surface area (Å²) < 4.78 is 0. The molecule has 1 heterocycles. The molecular weight excluding hydrogens is 464 g/mol. The van der Waals surface area contributed by atoms with Crippen molar-refractivity contribution < 1.29 is 14.4 Å². The highest BCUT2D eigenvalue weighted by atomic mass is 16.2. The molecule has 7 heteroatoms. The number of anilines is 2. The number of nitrogens with zero attached hydrogens (tertiary/aromatic N) is 2. The molecule has 1 atom stereocenters. The van der Waals surface area contributed by atoms with Gasteiger partial charge in [0.1, 0.15) is 6.04 Å². The summed E-state index contributed by atoms with van der Waals surface area (Å²) in [6.45, 7) is 7.52. The maximum absolute atomic E-state index is 13.8. The second-order valence-corrected chi connectivity index (χ2v) is 9.93. The van der Waals surface area contributed by atoms with Crippen molar-refractivity contribution in [3.8, 4) is 0 Å². The number of hydrogen-bond acceptors (Lipinski definition) is 4. The summed E-state index contributed by atoms with van der Waals surface area (Å²) in [4.78, 5) is 46.5. The van der Waals surface area contributed by atoms with Crippen molar-refractivity contribution in [2.24, 2.45) is 0 Å². The highest BCUT2D eigenvalue weighted by Gasteiger charge is 2.37. The van der Waals surface area contributed by atoms with Gasteiger partial charge in [-0.25, -0.2) is 0 Å². The maximum atomic E-state index is 13.8. The van der Waals surface area contributed by atoms with Crippen LogP contribution in [-0.2, 0) is 14.4 Å². The van der Waals surface area contributed by atoms with Crippen LogP contribution >= 0.6 is 0 Å². The van der Waals surface area contributed by atoms with Crippen LogP contribution in [0.5, 0.6) is 0 Å². The van der Waals surface area contributed by atoms with Crippen molar-refractivity contribution in [1.29, 1.82) is 0 Å². The van der Waals surface area contributed by atoms with Gasteiger partial charge in [0.2, 0.25) is 5.91 Å². The standard InChI is InChI=1S/C30H30N4O3/c1-20-14-16-23(17-15-20)32-28(36)29(37)34(24-18-22-12-8-9-13-25(22)31-19-24)26(21-10-6-5-7-11-21)27(35)33-30(2,3)4/h5-19,26H,1-4H3,(H,32,36)(H,33,35)/t26-/m0/s1. The van der Waals surface area contributed by atoms with Gasteiger partial charge in [-0.3, -0.25) is 24.3 Å². The van der Waals surface area contributed by atoms with Gasteiger partial charge in [-0.05, 0) is 57.5 Å². The SMILES string of the molecule is Cc1ccc(NC(=O)C(=O)N(c2cnc3ccccc3c2)[C@H](C(=O)NC(C)(C)C)c2ccccc2)cc1. The summed E-state index contributed by atoms with van der Waals surface area (Å²) in [5.74, 6) is -2.15. The molecule has 0 aliphatic rings. The van der Waals surface area contributed by atoms with Crippen molar-refractivity contribution in [3.05, 3.63) is 102 Å². The molecule has 0 aliphatic carbocycles. The molecule has 0 saturated heterocycles. The number of fused-ring (bicyclic) bond motifs is 1. The Kier molecular flexibility index (Phi) is 7.34. The Labute approximate surface area is 216 Å². The molecular formula is C30H30N4O3. The Morgan fingerprint density at radius 3 is 2.19 bits per heavy atom. The van der Waals surface area contributed by atoms with E-state index in [1.165, 1.54) is 11.1 Å². The lowest BCUT2D eigenvalue weighted by Crippen LogP contribution is -2.51. The lowest BCUT2D eigenvalue weighted by Gasteiger charge is -2.33. The van der Waals surface area contributed by atoms with Gasteiger partial charge in [-0.15, -0.1) is 0 Å². The lowest BCUT2D eigenvalue weighted by atomic mass is 10.0. The zero-order valence-electron chi connectivity index (χ0n) is 21.4. The molecule has 0 saturated carbocycles. The van der Waals surface area contributed by atoms with Gasteiger partial charge in [0.25, 0.3) is 0 Å². The first kappa shape index (κ1) is 25.6.